The average Bonchev–Trinajstić information content (AvgIpc) is 3.53. The number of alkyl halides is 1. The first-order valence-electron chi connectivity index (χ1n) is 17.3. The second-order valence-electron chi connectivity index (χ2n) is 14.7. The predicted octanol–water partition coefficient (Wildman–Crippen LogP) is 4.69. The van der Waals surface area contributed by atoms with E-state index in [2.05, 4.69) is 20.9 Å². The van der Waals surface area contributed by atoms with Gasteiger partial charge in [-0.2, -0.15) is 0 Å². The molecule has 4 aliphatic rings. The highest BCUT2D eigenvalue weighted by Gasteiger charge is 2.46. The van der Waals surface area contributed by atoms with Crippen molar-refractivity contribution in [3.8, 4) is 0 Å². The molecule has 47 heavy (non-hydrogen) atoms. The number of carbonyl (C=O) groups is 2. The molecule has 2 aliphatic carbocycles. The highest BCUT2D eigenvalue weighted by Crippen LogP contribution is 2.42. The molecule has 2 saturated carbocycles. The van der Waals surface area contributed by atoms with Gasteiger partial charge in [-0.1, -0.05) is 20.8 Å². The van der Waals surface area contributed by atoms with Gasteiger partial charge >= 0.3 is 0 Å². The Morgan fingerprint density at radius 1 is 1.19 bits per heavy atom. The molecule has 5 rings (SSSR count). The summed E-state index contributed by atoms with van der Waals surface area (Å²) < 4.78 is 34.8. The van der Waals surface area contributed by atoms with Gasteiger partial charge in [-0.05, 0) is 75.8 Å². The number of halogens is 1. The van der Waals surface area contributed by atoms with Crippen LogP contribution in [0.5, 0.6) is 0 Å². The first-order valence-corrected chi connectivity index (χ1v) is 18.2. The van der Waals surface area contributed by atoms with Gasteiger partial charge in [0, 0.05) is 48.2 Å². The molecule has 3 heterocycles. The van der Waals surface area contributed by atoms with Crippen LogP contribution in [0.3, 0.4) is 0 Å². The minimum Gasteiger partial charge on any atom is -0.385 e. The lowest BCUT2D eigenvalue weighted by molar-refractivity contribution is -0.171. The quantitative estimate of drug-likeness (QED) is 0.211. The van der Waals surface area contributed by atoms with Crippen LogP contribution >= 0.6 is 11.3 Å². The maximum atomic E-state index is 15.6. The molecule has 9 atom stereocenters. The van der Waals surface area contributed by atoms with Crippen LogP contribution in [0.2, 0.25) is 0 Å². The third-order valence-corrected chi connectivity index (χ3v) is 10.8. The molecule has 2 amide bonds. The summed E-state index contributed by atoms with van der Waals surface area (Å²) in [5.74, 6) is -0.710. The molecule has 13 heteroatoms. The number of rotatable bonds is 11. The van der Waals surface area contributed by atoms with Gasteiger partial charge in [0.1, 0.15) is 12.0 Å². The van der Waals surface area contributed by atoms with E-state index in [1.807, 2.05) is 26.2 Å². The molecule has 6 N–H and O–H groups in total. The van der Waals surface area contributed by atoms with E-state index in [0.717, 1.165) is 45.3 Å². The minimum absolute atomic E-state index is 0.00549. The van der Waals surface area contributed by atoms with Gasteiger partial charge in [-0.15, -0.1) is 11.3 Å². The van der Waals surface area contributed by atoms with E-state index in [1.165, 1.54) is 17.4 Å². The molecular formula is C34H53FN6O5S. The molecule has 262 valence electrons. The van der Waals surface area contributed by atoms with Gasteiger partial charge in [-0.25, -0.2) is 9.37 Å². The van der Waals surface area contributed by atoms with Gasteiger partial charge in [0.2, 0.25) is 11.8 Å². The summed E-state index contributed by atoms with van der Waals surface area (Å²) in [5, 5.41) is 19.7. The number of piperidine rings is 1. The van der Waals surface area contributed by atoms with Crippen LogP contribution < -0.4 is 21.7 Å². The van der Waals surface area contributed by atoms with Crippen molar-refractivity contribution in [1.29, 1.82) is 5.41 Å². The topological polar surface area (TPSA) is 161 Å². The number of aromatic nitrogens is 1. The van der Waals surface area contributed by atoms with Crippen molar-refractivity contribution in [2.75, 3.05) is 25.1 Å². The third-order valence-electron chi connectivity index (χ3n) is 10.2. The van der Waals surface area contributed by atoms with Crippen molar-refractivity contribution < 1.29 is 28.2 Å². The van der Waals surface area contributed by atoms with Gasteiger partial charge < -0.3 is 41.3 Å². The largest absolute Gasteiger partial charge is 0.385 e. The zero-order valence-electron chi connectivity index (χ0n) is 28.0. The maximum Gasteiger partial charge on any atom is 0.231 e. The third kappa shape index (κ3) is 10.0. The number of anilines is 1. The number of hydrogen-bond acceptors (Lipinski definition) is 10. The summed E-state index contributed by atoms with van der Waals surface area (Å²) in [6.07, 6.45) is 8.10. The maximum absolute atomic E-state index is 15.6. The van der Waals surface area contributed by atoms with E-state index in [4.69, 9.17) is 25.4 Å². The van der Waals surface area contributed by atoms with E-state index in [9.17, 15) is 9.59 Å². The Kier molecular flexibility index (Phi) is 12.4. The zero-order chi connectivity index (χ0) is 33.6. The Bertz CT molecular complexity index is 1240. The highest BCUT2D eigenvalue weighted by atomic mass is 32.1. The van der Waals surface area contributed by atoms with Gasteiger partial charge in [0.05, 0.1) is 36.9 Å². The lowest BCUT2D eigenvalue weighted by Gasteiger charge is -2.48. The van der Waals surface area contributed by atoms with Crippen LogP contribution in [0.4, 0.5) is 9.52 Å². The molecule has 1 aromatic heterocycles. The minimum atomic E-state index is -1.38. The molecule has 11 nitrogen and oxygen atoms in total. The number of allylic oxidation sites excluding steroid dienone is 1. The molecule has 1 aromatic rings. The molecule has 4 fully saturated rings. The Labute approximate surface area is 281 Å². The number of nitrogens with zero attached hydrogens (tertiary/aromatic N) is 1. The number of carbonyl (C=O) groups excluding carboxylic acids is 2. The van der Waals surface area contributed by atoms with Crippen molar-refractivity contribution in [3.05, 3.63) is 23.5 Å². The van der Waals surface area contributed by atoms with E-state index in [1.54, 1.807) is 6.20 Å². The van der Waals surface area contributed by atoms with Crippen LogP contribution in [-0.2, 0) is 23.8 Å². The van der Waals surface area contributed by atoms with E-state index < -0.39 is 23.4 Å². The second kappa shape index (κ2) is 16.3. The van der Waals surface area contributed by atoms with Crippen molar-refractivity contribution >= 4 is 34.0 Å². The molecular weight excluding hydrogens is 623 g/mol. The molecule has 0 bridgehead atoms. The fraction of sp³-hybridized carbons (Fsp3) is 0.765. The molecule has 0 radical (unpaired) electrons. The molecule has 8 unspecified atom stereocenters. The summed E-state index contributed by atoms with van der Waals surface area (Å²) in [6, 6.07) is -0.00549. The van der Waals surface area contributed by atoms with Crippen molar-refractivity contribution in [1.82, 2.24) is 15.6 Å². The lowest BCUT2D eigenvalue weighted by Crippen LogP contribution is -2.55. The number of hydrogen-bond donors (Lipinski definition) is 5. The van der Waals surface area contributed by atoms with E-state index in [-0.39, 0.29) is 60.2 Å². The summed E-state index contributed by atoms with van der Waals surface area (Å²) in [6.45, 7) is 7.77. The van der Waals surface area contributed by atoms with Gasteiger partial charge in [0.15, 0.2) is 5.13 Å². The molecule has 2 aliphatic heterocycles. The number of thiazole rings is 1. The van der Waals surface area contributed by atoms with Crippen LogP contribution in [0.15, 0.2) is 23.5 Å². The van der Waals surface area contributed by atoms with Crippen molar-refractivity contribution in [2.24, 2.45) is 28.9 Å². The van der Waals surface area contributed by atoms with Gasteiger partial charge in [0.25, 0.3) is 0 Å². The monoisotopic (exact) mass is 676 g/mol. The smallest absolute Gasteiger partial charge is 0.231 e. The number of amides is 2. The highest BCUT2D eigenvalue weighted by molar-refractivity contribution is 7.13. The van der Waals surface area contributed by atoms with Crippen LogP contribution in [0, 0.1) is 28.6 Å². The van der Waals surface area contributed by atoms with E-state index >= 15 is 4.39 Å². The van der Waals surface area contributed by atoms with Crippen LogP contribution in [-0.4, -0.2) is 78.9 Å². The number of nitrogens with two attached hydrogens (primary N) is 1. The summed E-state index contributed by atoms with van der Waals surface area (Å²) >= 11 is 1.40. The van der Waals surface area contributed by atoms with Crippen molar-refractivity contribution in [3.63, 3.8) is 0 Å². The van der Waals surface area contributed by atoms with Gasteiger partial charge in [-0.3, -0.25) is 9.59 Å². The van der Waals surface area contributed by atoms with Crippen LogP contribution in [0.25, 0.3) is 0 Å². The van der Waals surface area contributed by atoms with Crippen LogP contribution in [0.1, 0.15) is 85.0 Å². The molecule has 0 spiro atoms. The first-order chi connectivity index (χ1) is 22.5. The average molecular weight is 677 g/mol. The fourth-order valence-corrected chi connectivity index (χ4v) is 7.97. The second-order valence-corrected chi connectivity index (χ2v) is 15.6. The Hall–Kier alpha value is -2.45. The van der Waals surface area contributed by atoms with E-state index in [0.29, 0.717) is 43.3 Å². The lowest BCUT2D eigenvalue weighted by atomic mass is 9.68. The Morgan fingerprint density at radius 3 is 2.72 bits per heavy atom. The Morgan fingerprint density at radius 2 is 2.02 bits per heavy atom. The summed E-state index contributed by atoms with van der Waals surface area (Å²) in [7, 11) is 0. The normalized spacial score (nSPS) is 33.4. The summed E-state index contributed by atoms with van der Waals surface area (Å²) in [5.41, 5.74) is 5.85. The number of fused-ring (bicyclic) bond motifs is 1. The fourth-order valence-electron chi connectivity index (χ4n) is 7.42. The summed E-state index contributed by atoms with van der Waals surface area (Å²) in [4.78, 5) is 30.1. The molecule has 2 saturated heterocycles. The Balaban J connectivity index is 1.21. The SMILES string of the molecule is CC(C)(C)C(=N)/C=C(\N)NC(=O)C1CCC(OC2CC3C(CCN[C@@H]3CC(=O)Nc3nccs3)CC2OCC2CCCCO2)CC1F. The number of ether oxygens (including phenoxy) is 3. The zero-order valence-corrected chi connectivity index (χ0v) is 28.8. The number of nitrogens with one attached hydrogen (secondary N) is 4. The predicted molar refractivity (Wildman–Crippen MR) is 180 cm³/mol. The standard InChI is InChI=1S/C34H53FN6O5S/c1-34(2,3)29(36)18-30(37)40-32(43)23-8-7-21(15-25(23)35)46-28-16-24-20(14-27(28)45-19-22-6-4-5-12-44-22)9-10-38-26(24)17-31(42)41-33-39-11-13-47-33/h11,13,18,20-28,36,38H,4-10,12,14-17,19,37H2,1-3H3,(H,40,43)(H,39,41,42)/b30-18+,36-29?/t20?,21?,22?,23?,24?,25?,26-,27?,28?/m1/s1. The first kappa shape index (κ1) is 35.8. The van der Waals surface area contributed by atoms with Crippen molar-refractivity contribution in [2.45, 2.75) is 122 Å². The molecule has 0 aromatic carbocycles.